The Morgan fingerprint density at radius 1 is 1.03 bits per heavy atom. The monoisotopic (exact) mass is 473 g/mol. The molecule has 0 saturated heterocycles. The van der Waals surface area contributed by atoms with Crippen LogP contribution in [0.2, 0.25) is 0 Å². The van der Waals surface area contributed by atoms with Crippen molar-refractivity contribution >= 4 is 27.5 Å². The number of hydrogen-bond acceptors (Lipinski definition) is 4. The normalized spacial score (nSPS) is 12.2. The molecule has 0 aliphatic heterocycles. The van der Waals surface area contributed by atoms with E-state index >= 15 is 0 Å². The molecule has 8 heteroatoms. The molecule has 7 nitrogen and oxygen atoms in total. The van der Waals surface area contributed by atoms with Crippen LogP contribution in [0, 0.1) is 13.8 Å². The van der Waals surface area contributed by atoms with Crippen LogP contribution in [-0.2, 0) is 26.2 Å². The summed E-state index contributed by atoms with van der Waals surface area (Å²) in [5.41, 5.74) is 3.21. The number of anilines is 1. The summed E-state index contributed by atoms with van der Waals surface area (Å²) in [6.07, 6.45) is 2.87. The van der Waals surface area contributed by atoms with E-state index in [0.29, 0.717) is 12.2 Å². The third-order valence-corrected chi connectivity index (χ3v) is 6.54. The van der Waals surface area contributed by atoms with Gasteiger partial charge in [-0.2, -0.15) is 0 Å². The Hall–Kier alpha value is -2.87. The van der Waals surface area contributed by atoms with Crippen LogP contribution in [0.3, 0.4) is 0 Å². The Morgan fingerprint density at radius 3 is 2.24 bits per heavy atom. The largest absolute Gasteiger partial charge is 0.354 e. The Kier molecular flexibility index (Phi) is 9.46. The van der Waals surface area contributed by atoms with Gasteiger partial charge >= 0.3 is 0 Å². The van der Waals surface area contributed by atoms with Gasteiger partial charge < -0.3 is 10.2 Å². The highest BCUT2D eigenvalue weighted by Gasteiger charge is 2.30. The van der Waals surface area contributed by atoms with Gasteiger partial charge in [-0.25, -0.2) is 8.42 Å². The van der Waals surface area contributed by atoms with Gasteiger partial charge in [-0.05, 0) is 50.5 Å². The van der Waals surface area contributed by atoms with E-state index in [9.17, 15) is 18.0 Å². The summed E-state index contributed by atoms with van der Waals surface area (Å²) < 4.78 is 26.2. The van der Waals surface area contributed by atoms with Crippen LogP contribution in [0.25, 0.3) is 0 Å². The fraction of sp³-hybridized carbons (Fsp3) is 0.440. The molecule has 0 bridgehead atoms. The van der Waals surface area contributed by atoms with Gasteiger partial charge in [-0.1, -0.05) is 55.3 Å². The highest BCUT2D eigenvalue weighted by atomic mass is 32.2. The second-order valence-electron chi connectivity index (χ2n) is 8.44. The summed E-state index contributed by atoms with van der Waals surface area (Å²) in [6.45, 7) is 7.87. The Morgan fingerprint density at radius 2 is 1.67 bits per heavy atom. The van der Waals surface area contributed by atoms with E-state index in [1.165, 1.54) is 4.90 Å². The van der Waals surface area contributed by atoms with Crippen LogP contribution in [0.1, 0.15) is 43.4 Å². The van der Waals surface area contributed by atoms with Gasteiger partial charge in [0.2, 0.25) is 21.8 Å². The van der Waals surface area contributed by atoms with E-state index in [1.54, 1.807) is 25.1 Å². The topological polar surface area (TPSA) is 86.8 Å². The van der Waals surface area contributed by atoms with Crippen molar-refractivity contribution < 1.29 is 18.0 Å². The molecule has 0 aromatic heterocycles. The number of nitrogens with zero attached hydrogens (tertiary/aromatic N) is 2. The second-order valence-corrected chi connectivity index (χ2v) is 10.3. The molecular weight excluding hydrogens is 438 g/mol. The Bertz CT molecular complexity index is 1070. The fourth-order valence-corrected chi connectivity index (χ4v) is 4.36. The van der Waals surface area contributed by atoms with Crippen LogP contribution in [-0.4, -0.2) is 50.5 Å². The molecule has 1 atom stereocenters. The third-order valence-electron chi connectivity index (χ3n) is 5.40. The van der Waals surface area contributed by atoms with Crippen molar-refractivity contribution in [1.29, 1.82) is 0 Å². The molecule has 1 unspecified atom stereocenters. The first-order valence-corrected chi connectivity index (χ1v) is 13.0. The number of sulfonamides is 1. The summed E-state index contributed by atoms with van der Waals surface area (Å²) in [5.74, 6) is -0.701. The van der Waals surface area contributed by atoms with Gasteiger partial charge in [0.05, 0.1) is 11.9 Å². The first-order chi connectivity index (χ1) is 15.5. The van der Waals surface area contributed by atoms with Crippen LogP contribution < -0.4 is 9.62 Å². The highest BCUT2D eigenvalue weighted by Crippen LogP contribution is 2.20. The van der Waals surface area contributed by atoms with Crippen LogP contribution in [0.15, 0.2) is 48.5 Å². The maximum Gasteiger partial charge on any atom is 0.244 e. The molecule has 0 aliphatic carbocycles. The van der Waals surface area contributed by atoms with E-state index < -0.39 is 22.0 Å². The standard InChI is InChI=1S/C25H35N3O4S/c1-6-7-14-26-25(30)21(4)27(17-22-12-8-10-19(2)15-22)24(29)18-28(33(5,31)32)23-13-9-11-20(3)16-23/h8-13,15-16,21H,6-7,14,17-18H2,1-5H3,(H,26,30). The zero-order chi connectivity index (χ0) is 24.6. The molecule has 2 aromatic rings. The minimum absolute atomic E-state index is 0.203. The maximum atomic E-state index is 13.5. The summed E-state index contributed by atoms with van der Waals surface area (Å²) in [6, 6.07) is 13.9. The van der Waals surface area contributed by atoms with Crippen molar-refractivity contribution in [2.24, 2.45) is 0 Å². The van der Waals surface area contributed by atoms with E-state index in [0.717, 1.165) is 40.1 Å². The van der Waals surface area contributed by atoms with E-state index in [-0.39, 0.29) is 19.0 Å². The number of nitrogens with one attached hydrogen (secondary N) is 1. The van der Waals surface area contributed by atoms with Crippen molar-refractivity contribution in [1.82, 2.24) is 10.2 Å². The predicted molar refractivity (Wildman–Crippen MR) is 132 cm³/mol. The maximum absolute atomic E-state index is 13.5. The van der Waals surface area contributed by atoms with Gasteiger partial charge in [0.1, 0.15) is 12.6 Å². The molecule has 0 spiro atoms. The number of unbranched alkanes of at least 4 members (excludes halogenated alkanes) is 1. The Labute approximate surface area is 197 Å². The third kappa shape index (κ3) is 7.89. The number of benzene rings is 2. The molecule has 2 aromatic carbocycles. The van der Waals surface area contributed by atoms with Crippen molar-refractivity contribution in [2.45, 2.75) is 53.1 Å². The zero-order valence-electron chi connectivity index (χ0n) is 20.2. The van der Waals surface area contributed by atoms with Gasteiger partial charge in [-0.3, -0.25) is 13.9 Å². The van der Waals surface area contributed by atoms with Crippen molar-refractivity contribution in [3.05, 3.63) is 65.2 Å². The van der Waals surface area contributed by atoms with Gasteiger partial charge in [0.15, 0.2) is 0 Å². The summed E-state index contributed by atoms with van der Waals surface area (Å²) in [5, 5.41) is 2.87. The van der Waals surface area contributed by atoms with Crippen molar-refractivity contribution in [3.63, 3.8) is 0 Å². The molecule has 180 valence electrons. The molecule has 0 heterocycles. The summed E-state index contributed by atoms with van der Waals surface area (Å²) in [4.78, 5) is 27.7. The number of carbonyl (C=O) groups excluding carboxylic acids is 2. The molecule has 2 amide bonds. The van der Waals surface area contributed by atoms with Gasteiger partial charge in [0, 0.05) is 13.1 Å². The average molecular weight is 474 g/mol. The average Bonchev–Trinajstić information content (AvgIpc) is 2.74. The minimum Gasteiger partial charge on any atom is -0.354 e. The van der Waals surface area contributed by atoms with Crippen molar-refractivity contribution in [2.75, 3.05) is 23.7 Å². The number of rotatable bonds is 11. The highest BCUT2D eigenvalue weighted by molar-refractivity contribution is 7.92. The van der Waals surface area contributed by atoms with Crippen LogP contribution in [0.5, 0.6) is 0 Å². The number of carbonyl (C=O) groups is 2. The number of amides is 2. The Balaban J connectivity index is 2.34. The summed E-state index contributed by atoms with van der Waals surface area (Å²) >= 11 is 0. The van der Waals surface area contributed by atoms with Crippen LogP contribution >= 0.6 is 0 Å². The molecule has 2 rings (SSSR count). The van der Waals surface area contributed by atoms with Gasteiger partial charge in [0.25, 0.3) is 0 Å². The fourth-order valence-electron chi connectivity index (χ4n) is 3.52. The molecule has 0 radical (unpaired) electrons. The smallest absolute Gasteiger partial charge is 0.244 e. The lowest BCUT2D eigenvalue weighted by atomic mass is 10.1. The lowest BCUT2D eigenvalue weighted by Crippen LogP contribution is -2.51. The molecule has 0 saturated carbocycles. The lowest BCUT2D eigenvalue weighted by Gasteiger charge is -2.31. The molecule has 33 heavy (non-hydrogen) atoms. The SMILES string of the molecule is CCCCNC(=O)C(C)N(Cc1cccc(C)c1)C(=O)CN(c1cccc(C)c1)S(C)(=O)=O. The quantitative estimate of drug-likeness (QED) is 0.507. The van der Waals surface area contributed by atoms with Crippen molar-refractivity contribution in [3.8, 4) is 0 Å². The minimum atomic E-state index is -3.72. The summed E-state index contributed by atoms with van der Waals surface area (Å²) in [7, 11) is -3.72. The van der Waals surface area contributed by atoms with Crippen LogP contribution in [0.4, 0.5) is 5.69 Å². The van der Waals surface area contributed by atoms with E-state index in [2.05, 4.69) is 5.32 Å². The predicted octanol–water partition coefficient (Wildman–Crippen LogP) is 3.40. The van der Waals surface area contributed by atoms with Gasteiger partial charge in [-0.15, -0.1) is 0 Å². The number of hydrogen-bond donors (Lipinski definition) is 1. The molecule has 0 fully saturated rings. The molecule has 1 N–H and O–H groups in total. The molecule has 0 aliphatic rings. The first kappa shape index (κ1) is 26.4. The number of aryl methyl sites for hydroxylation is 2. The first-order valence-electron chi connectivity index (χ1n) is 11.2. The van der Waals surface area contributed by atoms with E-state index in [1.807, 2.05) is 51.1 Å². The lowest BCUT2D eigenvalue weighted by molar-refractivity contribution is -0.139. The van der Waals surface area contributed by atoms with E-state index in [4.69, 9.17) is 0 Å². The zero-order valence-corrected chi connectivity index (χ0v) is 21.0. The molecular formula is C25H35N3O4S. The second kappa shape index (κ2) is 11.8.